The third-order valence-corrected chi connectivity index (χ3v) is 6.75. The van der Waals surface area contributed by atoms with Gasteiger partial charge >= 0.3 is 0 Å². The van der Waals surface area contributed by atoms with Crippen molar-refractivity contribution in [1.82, 2.24) is 0 Å². The van der Waals surface area contributed by atoms with Gasteiger partial charge in [0.2, 0.25) is 0 Å². The molecule has 27 heavy (non-hydrogen) atoms. The van der Waals surface area contributed by atoms with Crippen molar-refractivity contribution in [2.45, 2.75) is 112 Å². The Bertz CT molecular complexity index is 588. The minimum absolute atomic E-state index is 0.332. The van der Waals surface area contributed by atoms with E-state index >= 15 is 0 Å². The predicted octanol–water partition coefficient (Wildman–Crippen LogP) is 8.99. The molecule has 0 bridgehead atoms. The quantitative estimate of drug-likeness (QED) is 0.281. The van der Waals surface area contributed by atoms with E-state index in [-0.39, 0.29) is 0 Å². The summed E-state index contributed by atoms with van der Waals surface area (Å²) in [5.74, 6) is 0.689. The van der Waals surface area contributed by atoms with Gasteiger partial charge in [0.15, 0.2) is 6.71 Å². The highest BCUT2D eigenvalue weighted by molar-refractivity contribution is 6.70. The van der Waals surface area contributed by atoms with Gasteiger partial charge in [-0.3, -0.25) is 0 Å². The Kier molecular flexibility index (Phi) is 9.92. The minimum Gasteiger partial charge on any atom is -0.101 e. The average molecular weight is 368 g/mol. The van der Waals surface area contributed by atoms with Crippen LogP contribution in [0.2, 0.25) is 11.6 Å². The van der Waals surface area contributed by atoms with Gasteiger partial charge in [0, 0.05) is 0 Å². The summed E-state index contributed by atoms with van der Waals surface area (Å²) in [6.07, 6.45) is 16.0. The van der Waals surface area contributed by atoms with Crippen molar-refractivity contribution in [1.29, 1.82) is 0 Å². The molecule has 152 valence electrons. The van der Waals surface area contributed by atoms with Crippen molar-refractivity contribution in [3.63, 3.8) is 0 Å². The van der Waals surface area contributed by atoms with Crippen LogP contribution >= 0.6 is 0 Å². The molecule has 0 aromatic rings. The van der Waals surface area contributed by atoms with Crippen LogP contribution in [0.25, 0.3) is 0 Å². The van der Waals surface area contributed by atoms with E-state index in [2.05, 4.69) is 80.5 Å². The van der Waals surface area contributed by atoms with Crippen LogP contribution in [0.15, 0.2) is 46.0 Å². The molecule has 1 aliphatic carbocycles. The lowest BCUT2D eigenvalue weighted by Gasteiger charge is -2.39. The number of hydrogen-bond acceptors (Lipinski definition) is 0. The van der Waals surface area contributed by atoms with Gasteiger partial charge < -0.3 is 0 Å². The maximum absolute atomic E-state index is 2.51. The number of allylic oxidation sites excluding steroid dienone is 8. The summed E-state index contributed by atoms with van der Waals surface area (Å²) in [7, 11) is 0. The Morgan fingerprint density at radius 3 is 2.11 bits per heavy atom. The van der Waals surface area contributed by atoms with Crippen LogP contribution in [0.5, 0.6) is 0 Å². The fourth-order valence-electron chi connectivity index (χ4n) is 4.19. The zero-order valence-electron chi connectivity index (χ0n) is 19.8. The summed E-state index contributed by atoms with van der Waals surface area (Å²) in [4.78, 5) is 0. The summed E-state index contributed by atoms with van der Waals surface area (Å²) in [5.41, 5.74) is 8.01. The van der Waals surface area contributed by atoms with E-state index in [0.29, 0.717) is 17.9 Å². The van der Waals surface area contributed by atoms with Gasteiger partial charge in [0.1, 0.15) is 0 Å². The van der Waals surface area contributed by atoms with Crippen molar-refractivity contribution in [3.05, 3.63) is 46.0 Å². The molecular formula is C26H45B. The largest absolute Gasteiger partial charge is 0.176 e. The number of hydrogen-bond donors (Lipinski definition) is 0. The molecule has 0 N–H and O–H groups in total. The first-order valence-corrected chi connectivity index (χ1v) is 11.2. The van der Waals surface area contributed by atoms with Gasteiger partial charge in [0.25, 0.3) is 0 Å². The Balaban J connectivity index is 3.28. The van der Waals surface area contributed by atoms with Crippen LogP contribution in [0.4, 0.5) is 0 Å². The van der Waals surface area contributed by atoms with Gasteiger partial charge in [-0.1, -0.05) is 74.5 Å². The molecule has 0 radical (unpaired) electrons. The standard InChI is InChI=1S/C26H45B/c1-20(2)12-10-14-25(24-17-15-23(7)16-18-24)27(19-11-13-21(3)4)26(8,9)22(5)6/h12-13,15,22H,10-11,14,16-19H2,1-9H3/b25-24-. The molecule has 1 heteroatoms. The van der Waals surface area contributed by atoms with Crippen LogP contribution in [-0.2, 0) is 0 Å². The Hall–Kier alpha value is -0.975. The lowest BCUT2D eigenvalue weighted by atomic mass is 9.25. The second-order valence-electron chi connectivity index (χ2n) is 10.1. The Morgan fingerprint density at radius 2 is 1.63 bits per heavy atom. The smallest absolute Gasteiger partial charge is 0.101 e. The van der Waals surface area contributed by atoms with E-state index in [4.69, 9.17) is 0 Å². The molecule has 0 atom stereocenters. The molecule has 0 spiro atoms. The molecule has 0 unspecified atom stereocenters. The predicted molar refractivity (Wildman–Crippen MR) is 127 cm³/mol. The highest BCUT2D eigenvalue weighted by atomic mass is 14.2. The molecule has 1 aliphatic rings. The van der Waals surface area contributed by atoms with Crippen molar-refractivity contribution >= 4 is 6.71 Å². The summed E-state index contributed by atoms with van der Waals surface area (Å²) < 4.78 is 0. The highest BCUT2D eigenvalue weighted by Gasteiger charge is 2.38. The van der Waals surface area contributed by atoms with Crippen LogP contribution in [0.3, 0.4) is 0 Å². The van der Waals surface area contributed by atoms with Gasteiger partial charge in [-0.2, -0.15) is 0 Å². The maximum Gasteiger partial charge on any atom is 0.176 e. The molecule has 0 fully saturated rings. The number of rotatable bonds is 9. The first-order chi connectivity index (χ1) is 12.6. The molecule has 0 aromatic carbocycles. The fourth-order valence-corrected chi connectivity index (χ4v) is 4.19. The third kappa shape index (κ3) is 7.88. The second kappa shape index (κ2) is 11.1. The third-order valence-electron chi connectivity index (χ3n) is 6.75. The average Bonchev–Trinajstić information content (AvgIpc) is 2.56. The minimum atomic E-state index is 0.332. The SMILES string of the molecule is CC(C)=CCCB(/C(CCC=C(C)C)=C1/CC=C(C)CC1)C(C)(C)C(C)C. The molecule has 0 heterocycles. The molecule has 0 saturated heterocycles. The van der Waals surface area contributed by atoms with E-state index < -0.39 is 0 Å². The first-order valence-electron chi connectivity index (χ1n) is 11.2. The lowest BCUT2D eigenvalue weighted by molar-refractivity contribution is 0.464. The Labute approximate surface area is 171 Å². The van der Waals surface area contributed by atoms with Gasteiger partial charge in [0.05, 0.1) is 0 Å². The van der Waals surface area contributed by atoms with Crippen LogP contribution in [0, 0.1) is 5.92 Å². The fraction of sp³-hybridized carbons (Fsp3) is 0.692. The molecule has 1 rings (SSSR count). The molecule has 0 aliphatic heterocycles. The summed E-state index contributed by atoms with van der Waals surface area (Å²) in [5, 5.41) is 0.332. The zero-order valence-corrected chi connectivity index (χ0v) is 19.8. The van der Waals surface area contributed by atoms with Crippen LogP contribution < -0.4 is 0 Å². The van der Waals surface area contributed by atoms with Crippen LogP contribution in [-0.4, -0.2) is 6.71 Å². The van der Waals surface area contributed by atoms with Crippen LogP contribution in [0.1, 0.15) is 101 Å². The molecule has 0 saturated carbocycles. The molecule has 0 aromatic heterocycles. The van der Waals surface area contributed by atoms with E-state index in [1.54, 1.807) is 16.6 Å². The lowest BCUT2D eigenvalue weighted by Crippen LogP contribution is -2.35. The normalized spacial score (nSPS) is 16.7. The van der Waals surface area contributed by atoms with Crippen molar-refractivity contribution in [3.8, 4) is 0 Å². The molecule has 0 amide bonds. The first kappa shape index (κ1) is 24.1. The zero-order chi connectivity index (χ0) is 20.6. The Morgan fingerprint density at radius 1 is 1.04 bits per heavy atom. The van der Waals surface area contributed by atoms with Crippen molar-refractivity contribution < 1.29 is 0 Å². The summed E-state index contributed by atoms with van der Waals surface area (Å²) in [6, 6.07) is 0. The van der Waals surface area contributed by atoms with Crippen molar-refractivity contribution in [2.75, 3.05) is 0 Å². The van der Waals surface area contributed by atoms with Gasteiger partial charge in [-0.25, -0.2) is 0 Å². The van der Waals surface area contributed by atoms with E-state index in [9.17, 15) is 0 Å². The summed E-state index contributed by atoms with van der Waals surface area (Å²) in [6.45, 7) is 21.7. The monoisotopic (exact) mass is 368 g/mol. The molecular weight excluding hydrogens is 323 g/mol. The van der Waals surface area contributed by atoms with E-state index in [1.165, 1.54) is 56.0 Å². The second-order valence-corrected chi connectivity index (χ2v) is 10.1. The topological polar surface area (TPSA) is 0 Å². The van der Waals surface area contributed by atoms with Gasteiger partial charge in [-0.05, 0) is 84.4 Å². The van der Waals surface area contributed by atoms with Gasteiger partial charge in [-0.15, -0.1) is 5.47 Å². The summed E-state index contributed by atoms with van der Waals surface area (Å²) >= 11 is 0. The molecule has 0 nitrogen and oxygen atoms in total. The van der Waals surface area contributed by atoms with E-state index in [1.807, 2.05) is 0 Å². The van der Waals surface area contributed by atoms with Crippen molar-refractivity contribution in [2.24, 2.45) is 5.92 Å². The van der Waals surface area contributed by atoms with E-state index in [0.717, 1.165) is 0 Å². The maximum atomic E-state index is 2.51. The highest BCUT2D eigenvalue weighted by Crippen LogP contribution is 2.45.